The zero-order chi connectivity index (χ0) is 9.40. The second-order valence-corrected chi connectivity index (χ2v) is 3.62. The van der Waals surface area contributed by atoms with Crippen molar-refractivity contribution in [2.45, 2.75) is 27.2 Å². The Labute approximate surface area is 76.5 Å². The molecular formula is C9H23N3. The van der Waals surface area contributed by atoms with Gasteiger partial charge in [-0.25, -0.2) is 5.43 Å². The number of hydrazine groups is 1. The molecule has 0 aromatic carbocycles. The standard InChI is InChI=1S/C9H23N3/c1-5-12(4)8-11-10-7-6-9(2)3/h9-11H,5-8H2,1-4H3. The van der Waals surface area contributed by atoms with Crippen LogP contribution >= 0.6 is 0 Å². The van der Waals surface area contributed by atoms with Gasteiger partial charge in [0.15, 0.2) is 0 Å². The fraction of sp³-hybridized carbons (Fsp3) is 1.00. The molecule has 0 aliphatic rings. The summed E-state index contributed by atoms with van der Waals surface area (Å²) in [6.45, 7) is 9.66. The number of rotatable bonds is 7. The highest BCUT2D eigenvalue weighted by Gasteiger charge is 1.93. The SMILES string of the molecule is CCN(C)CNNCCC(C)C. The van der Waals surface area contributed by atoms with Gasteiger partial charge in [0.25, 0.3) is 0 Å². The lowest BCUT2D eigenvalue weighted by Crippen LogP contribution is -2.40. The van der Waals surface area contributed by atoms with Gasteiger partial charge < -0.3 is 0 Å². The lowest BCUT2D eigenvalue weighted by molar-refractivity contribution is 0.295. The molecule has 74 valence electrons. The second-order valence-electron chi connectivity index (χ2n) is 3.62. The minimum atomic E-state index is 0.781. The maximum Gasteiger partial charge on any atom is 0.0612 e. The summed E-state index contributed by atoms with van der Waals surface area (Å²) >= 11 is 0. The first kappa shape index (κ1) is 11.9. The van der Waals surface area contributed by atoms with Gasteiger partial charge in [-0.2, -0.15) is 0 Å². The number of hydrogen-bond donors (Lipinski definition) is 2. The Morgan fingerprint density at radius 3 is 2.42 bits per heavy atom. The van der Waals surface area contributed by atoms with Crippen molar-refractivity contribution in [1.82, 2.24) is 15.8 Å². The van der Waals surface area contributed by atoms with Crippen molar-refractivity contribution in [3.63, 3.8) is 0 Å². The molecule has 0 aliphatic carbocycles. The maximum absolute atomic E-state index is 3.19. The summed E-state index contributed by atoms with van der Waals surface area (Å²) in [5, 5.41) is 0. The highest BCUT2D eigenvalue weighted by molar-refractivity contribution is 4.47. The molecule has 3 nitrogen and oxygen atoms in total. The lowest BCUT2D eigenvalue weighted by Gasteiger charge is -2.15. The van der Waals surface area contributed by atoms with Crippen molar-refractivity contribution in [2.75, 3.05) is 26.8 Å². The van der Waals surface area contributed by atoms with Crippen molar-refractivity contribution in [3.05, 3.63) is 0 Å². The molecule has 0 rings (SSSR count). The van der Waals surface area contributed by atoms with Crippen LogP contribution in [0, 0.1) is 5.92 Å². The first-order valence-electron chi connectivity index (χ1n) is 4.81. The molecule has 0 amide bonds. The van der Waals surface area contributed by atoms with Crippen LogP contribution in [0.2, 0.25) is 0 Å². The van der Waals surface area contributed by atoms with Crippen LogP contribution in [0.25, 0.3) is 0 Å². The Morgan fingerprint density at radius 2 is 1.92 bits per heavy atom. The van der Waals surface area contributed by atoms with E-state index in [4.69, 9.17) is 0 Å². The van der Waals surface area contributed by atoms with Gasteiger partial charge in [-0.1, -0.05) is 20.8 Å². The molecule has 0 bridgehead atoms. The third-order valence-corrected chi connectivity index (χ3v) is 1.86. The van der Waals surface area contributed by atoms with Crippen molar-refractivity contribution < 1.29 is 0 Å². The van der Waals surface area contributed by atoms with Gasteiger partial charge in [0.1, 0.15) is 0 Å². The van der Waals surface area contributed by atoms with E-state index in [1.54, 1.807) is 0 Å². The lowest BCUT2D eigenvalue weighted by atomic mass is 10.1. The van der Waals surface area contributed by atoms with Crippen LogP contribution in [-0.2, 0) is 0 Å². The number of nitrogens with zero attached hydrogens (tertiary/aromatic N) is 1. The van der Waals surface area contributed by atoms with Crippen LogP contribution < -0.4 is 10.9 Å². The molecule has 0 aliphatic heterocycles. The predicted molar refractivity (Wildman–Crippen MR) is 53.8 cm³/mol. The zero-order valence-electron chi connectivity index (χ0n) is 8.85. The van der Waals surface area contributed by atoms with E-state index in [1.165, 1.54) is 6.42 Å². The van der Waals surface area contributed by atoms with E-state index in [0.717, 1.165) is 25.7 Å². The van der Waals surface area contributed by atoms with Crippen LogP contribution in [0.3, 0.4) is 0 Å². The van der Waals surface area contributed by atoms with Crippen LogP contribution in [0.15, 0.2) is 0 Å². The Bertz CT molecular complexity index is 93.8. The Balaban J connectivity index is 3.00. The minimum Gasteiger partial charge on any atom is -0.293 e. The zero-order valence-corrected chi connectivity index (χ0v) is 8.85. The van der Waals surface area contributed by atoms with Gasteiger partial charge in [0.2, 0.25) is 0 Å². The highest BCUT2D eigenvalue weighted by atomic mass is 15.4. The summed E-state index contributed by atoms with van der Waals surface area (Å²) in [6.07, 6.45) is 1.23. The van der Waals surface area contributed by atoms with Crippen molar-refractivity contribution >= 4 is 0 Å². The number of hydrogen-bond acceptors (Lipinski definition) is 3. The van der Waals surface area contributed by atoms with Gasteiger partial charge >= 0.3 is 0 Å². The summed E-state index contributed by atoms with van der Waals surface area (Å²) < 4.78 is 0. The summed E-state index contributed by atoms with van der Waals surface area (Å²) in [5.41, 5.74) is 6.36. The van der Waals surface area contributed by atoms with Crippen molar-refractivity contribution in [2.24, 2.45) is 5.92 Å². The molecule has 0 unspecified atom stereocenters. The molecule has 0 fully saturated rings. The fourth-order valence-corrected chi connectivity index (χ4v) is 0.752. The summed E-state index contributed by atoms with van der Waals surface area (Å²) in [6, 6.07) is 0. The van der Waals surface area contributed by atoms with Gasteiger partial charge in [-0.15, -0.1) is 0 Å². The van der Waals surface area contributed by atoms with E-state index in [9.17, 15) is 0 Å². The molecular weight excluding hydrogens is 150 g/mol. The third-order valence-electron chi connectivity index (χ3n) is 1.86. The predicted octanol–water partition coefficient (Wildman–Crippen LogP) is 1.04. The largest absolute Gasteiger partial charge is 0.293 e. The maximum atomic E-state index is 3.19. The fourth-order valence-electron chi connectivity index (χ4n) is 0.752. The average molecular weight is 173 g/mol. The normalized spacial score (nSPS) is 11.5. The van der Waals surface area contributed by atoms with Gasteiger partial charge in [0, 0.05) is 6.54 Å². The third kappa shape index (κ3) is 7.98. The van der Waals surface area contributed by atoms with E-state index in [2.05, 4.69) is 43.6 Å². The quantitative estimate of drug-likeness (QED) is 0.342. The van der Waals surface area contributed by atoms with Crippen molar-refractivity contribution in [3.8, 4) is 0 Å². The first-order valence-corrected chi connectivity index (χ1v) is 4.81. The smallest absolute Gasteiger partial charge is 0.0612 e. The van der Waals surface area contributed by atoms with Crippen LogP contribution in [-0.4, -0.2) is 31.7 Å². The Morgan fingerprint density at radius 1 is 1.25 bits per heavy atom. The first-order chi connectivity index (χ1) is 5.66. The van der Waals surface area contributed by atoms with Gasteiger partial charge in [-0.05, 0) is 25.9 Å². The molecule has 3 heteroatoms. The van der Waals surface area contributed by atoms with Crippen LogP contribution in [0.4, 0.5) is 0 Å². The van der Waals surface area contributed by atoms with E-state index in [0.29, 0.717) is 0 Å². The van der Waals surface area contributed by atoms with E-state index in [-0.39, 0.29) is 0 Å². The molecule has 0 saturated heterocycles. The van der Waals surface area contributed by atoms with E-state index >= 15 is 0 Å². The van der Waals surface area contributed by atoms with E-state index < -0.39 is 0 Å². The van der Waals surface area contributed by atoms with Crippen LogP contribution in [0.1, 0.15) is 27.2 Å². The molecule has 0 saturated carbocycles. The second kappa shape index (κ2) is 7.53. The molecule has 0 aromatic rings. The molecule has 0 atom stereocenters. The molecule has 0 spiro atoms. The van der Waals surface area contributed by atoms with Gasteiger partial charge in [-0.3, -0.25) is 10.3 Å². The molecule has 0 heterocycles. The number of nitrogens with one attached hydrogen (secondary N) is 2. The topological polar surface area (TPSA) is 27.3 Å². The summed E-state index contributed by atoms with van der Waals surface area (Å²) in [5.74, 6) is 0.781. The Hall–Kier alpha value is -0.120. The Kier molecular flexibility index (Phi) is 7.45. The average Bonchev–Trinajstić information content (AvgIpc) is 2.03. The molecule has 2 N–H and O–H groups in total. The van der Waals surface area contributed by atoms with Crippen LogP contribution in [0.5, 0.6) is 0 Å². The monoisotopic (exact) mass is 173 g/mol. The molecule has 12 heavy (non-hydrogen) atoms. The molecule has 0 aromatic heterocycles. The highest BCUT2D eigenvalue weighted by Crippen LogP contribution is 1.95. The van der Waals surface area contributed by atoms with Crippen molar-refractivity contribution in [1.29, 1.82) is 0 Å². The summed E-state index contributed by atoms with van der Waals surface area (Å²) in [7, 11) is 2.09. The summed E-state index contributed by atoms with van der Waals surface area (Å²) in [4.78, 5) is 2.21. The molecule has 0 radical (unpaired) electrons. The minimum absolute atomic E-state index is 0.781. The van der Waals surface area contributed by atoms with Gasteiger partial charge in [0.05, 0.1) is 6.67 Å². The van der Waals surface area contributed by atoms with E-state index in [1.807, 2.05) is 0 Å².